The second-order valence-electron chi connectivity index (χ2n) is 6.69. The lowest BCUT2D eigenvalue weighted by Gasteiger charge is -2.51. The molecule has 0 aliphatic carbocycles. The van der Waals surface area contributed by atoms with Crippen molar-refractivity contribution in [3.63, 3.8) is 0 Å². The molecule has 0 spiro atoms. The maximum absolute atomic E-state index is 6.71. The van der Waals surface area contributed by atoms with E-state index in [1.807, 2.05) is 12.3 Å². The third-order valence-corrected chi connectivity index (χ3v) is 5.61. The van der Waals surface area contributed by atoms with Crippen molar-refractivity contribution in [2.75, 3.05) is 13.1 Å². The average molecular weight is 293 g/mol. The molecule has 1 aromatic carbocycles. The van der Waals surface area contributed by atoms with Crippen LogP contribution >= 0.6 is 0 Å². The highest BCUT2D eigenvalue weighted by atomic mass is 15.2. The minimum Gasteiger partial charge on any atom is -0.323 e. The van der Waals surface area contributed by atoms with Gasteiger partial charge in [-0.05, 0) is 48.9 Å². The fourth-order valence-corrected chi connectivity index (χ4v) is 4.37. The van der Waals surface area contributed by atoms with Gasteiger partial charge in [0.25, 0.3) is 0 Å². The molecule has 5 atom stereocenters. The Kier molecular flexibility index (Phi) is 3.47. The van der Waals surface area contributed by atoms with Gasteiger partial charge in [-0.3, -0.25) is 9.88 Å². The fraction of sp³-hybridized carbons (Fsp3) is 0.421. The Hall–Kier alpha value is -1.71. The van der Waals surface area contributed by atoms with Gasteiger partial charge >= 0.3 is 0 Å². The van der Waals surface area contributed by atoms with Crippen molar-refractivity contribution >= 4 is 10.9 Å². The number of nitrogens with zero attached hydrogens (tertiary/aromatic N) is 2. The number of hydrogen-bond acceptors (Lipinski definition) is 3. The van der Waals surface area contributed by atoms with Gasteiger partial charge in [-0.2, -0.15) is 0 Å². The molecule has 5 rings (SSSR count). The van der Waals surface area contributed by atoms with Crippen LogP contribution in [0, 0.1) is 11.8 Å². The van der Waals surface area contributed by atoms with Crippen LogP contribution in [0.3, 0.4) is 0 Å². The number of aromatic nitrogens is 1. The predicted molar refractivity (Wildman–Crippen MR) is 90.4 cm³/mol. The Labute approximate surface area is 131 Å². The number of hydrogen-bond donors (Lipinski definition) is 1. The molecule has 2 bridgehead atoms. The lowest BCUT2D eigenvalue weighted by atomic mass is 9.73. The SMILES string of the molecule is C=CC1CN2CC[C@H]1C[C@@H]2[C@H](N)c1ccnc2ccccc12. The van der Waals surface area contributed by atoms with Crippen LogP contribution in [-0.2, 0) is 0 Å². The highest BCUT2D eigenvalue weighted by molar-refractivity contribution is 5.82. The molecule has 3 aliphatic heterocycles. The van der Waals surface area contributed by atoms with Crippen molar-refractivity contribution in [1.29, 1.82) is 0 Å². The molecule has 2 unspecified atom stereocenters. The first-order valence-corrected chi connectivity index (χ1v) is 8.24. The van der Waals surface area contributed by atoms with Crippen molar-refractivity contribution in [1.82, 2.24) is 9.88 Å². The largest absolute Gasteiger partial charge is 0.323 e. The highest BCUT2D eigenvalue weighted by Crippen LogP contribution is 2.41. The molecule has 0 amide bonds. The lowest BCUT2D eigenvalue weighted by Crippen LogP contribution is -2.56. The molecular weight excluding hydrogens is 270 g/mol. The Morgan fingerprint density at radius 1 is 1.32 bits per heavy atom. The summed E-state index contributed by atoms with van der Waals surface area (Å²) in [5.41, 5.74) is 8.99. The van der Waals surface area contributed by atoms with Crippen LogP contribution in [-0.4, -0.2) is 29.0 Å². The minimum absolute atomic E-state index is 0.0569. The third-order valence-electron chi connectivity index (χ3n) is 5.61. The summed E-state index contributed by atoms with van der Waals surface area (Å²) in [6.45, 7) is 6.30. The van der Waals surface area contributed by atoms with Gasteiger partial charge < -0.3 is 5.73 Å². The molecule has 4 heterocycles. The summed E-state index contributed by atoms with van der Waals surface area (Å²) in [5.74, 6) is 1.40. The molecule has 0 radical (unpaired) electrons. The van der Waals surface area contributed by atoms with E-state index in [4.69, 9.17) is 5.73 Å². The maximum atomic E-state index is 6.71. The van der Waals surface area contributed by atoms with Gasteiger partial charge in [0.1, 0.15) is 0 Å². The molecule has 3 saturated heterocycles. The van der Waals surface area contributed by atoms with Gasteiger partial charge in [0.15, 0.2) is 0 Å². The third kappa shape index (κ3) is 2.16. The Morgan fingerprint density at radius 3 is 2.95 bits per heavy atom. The summed E-state index contributed by atoms with van der Waals surface area (Å²) in [7, 11) is 0. The van der Waals surface area contributed by atoms with Crippen molar-refractivity contribution < 1.29 is 0 Å². The van der Waals surface area contributed by atoms with Crippen LogP contribution in [0.5, 0.6) is 0 Å². The second kappa shape index (κ2) is 5.49. The molecule has 2 aromatic rings. The first kappa shape index (κ1) is 13.9. The molecule has 2 N–H and O–H groups in total. The first-order chi connectivity index (χ1) is 10.8. The topological polar surface area (TPSA) is 42.1 Å². The summed E-state index contributed by atoms with van der Waals surface area (Å²) in [5, 5.41) is 1.19. The number of nitrogens with two attached hydrogens (primary N) is 1. The van der Waals surface area contributed by atoms with E-state index in [-0.39, 0.29) is 6.04 Å². The molecule has 0 saturated carbocycles. The van der Waals surface area contributed by atoms with Crippen LogP contribution in [0.1, 0.15) is 24.4 Å². The van der Waals surface area contributed by atoms with Gasteiger partial charge in [-0.25, -0.2) is 0 Å². The molecule has 3 heteroatoms. The zero-order valence-electron chi connectivity index (χ0n) is 12.9. The summed E-state index contributed by atoms with van der Waals surface area (Å²) in [6.07, 6.45) is 6.51. The standard InChI is InChI=1S/C19H23N3/c1-2-13-12-22-10-8-14(13)11-18(22)19(20)16-7-9-21-17-6-4-3-5-15(16)17/h2-7,9,13-14,18-19H,1,8,10-12,20H2/t13?,14-,18+,19+/m0/s1. The molecule has 3 aliphatic rings. The van der Waals surface area contributed by atoms with Crippen molar-refractivity contribution in [3.05, 3.63) is 54.7 Å². The smallest absolute Gasteiger partial charge is 0.0705 e. The Balaban J connectivity index is 1.67. The number of rotatable bonds is 3. The van der Waals surface area contributed by atoms with E-state index in [1.165, 1.54) is 30.3 Å². The van der Waals surface area contributed by atoms with Crippen LogP contribution in [0.15, 0.2) is 49.2 Å². The first-order valence-electron chi connectivity index (χ1n) is 8.24. The quantitative estimate of drug-likeness (QED) is 0.884. The lowest BCUT2D eigenvalue weighted by molar-refractivity contribution is 0.00749. The van der Waals surface area contributed by atoms with Gasteiger partial charge in [-0.15, -0.1) is 6.58 Å². The summed E-state index contributed by atoms with van der Waals surface area (Å²) < 4.78 is 0. The number of piperidine rings is 3. The number of fused-ring (bicyclic) bond motifs is 4. The summed E-state index contributed by atoms with van der Waals surface area (Å²) in [4.78, 5) is 7.04. The number of benzene rings is 1. The van der Waals surface area contributed by atoms with E-state index in [9.17, 15) is 0 Å². The zero-order valence-corrected chi connectivity index (χ0v) is 12.9. The Morgan fingerprint density at radius 2 is 2.18 bits per heavy atom. The zero-order chi connectivity index (χ0) is 15.1. The molecule has 22 heavy (non-hydrogen) atoms. The average Bonchev–Trinajstić information content (AvgIpc) is 2.60. The summed E-state index contributed by atoms with van der Waals surface area (Å²) >= 11 is 0. The fourth-order valence-electron chi connectivity index (χ4n) is 4.37. The second-order valence-corrected chi connectivity index (χ2v) is 6.69. The maximum Gasteiger partial charge on any atom is 0.0705 e. The molecular formula is C19H23N3. The van der Waals surface area contributed by atoms with E-state index < -0.39 is 0 Å². The van der Waals surface area contributed by atoms with E-state index in [0.717, 1.165) is 18.0 Å². The number of pyridine rings is 1. The van der Waals surface area contributed by atoms with E-state index >= 15 is 0 Å². The van der Waals surface area contributed by atoms with E-state index in [1.54, 1.807) is 0 Å². The van der Waals surface area contributed by atoms with Crippen LogP contribution in [0.25, 0.3) is 10.9 Å². The van der Waals surface area contributed by atoms with Gasteiger partial charge in [0.05, 0.1) is 5.52 Å². The van der Waals surface area contributed by atoms with Crippen molar-refractivity contribution in [2.24, 2.45) is 17.6 Å². The van der Waals surface area contributed by atoms with E-state index in [0.29, 0.717) is 12.0 Å². The molecule has 3 fully saturated rings. The monoisotopic (exact) mass is 293 g/mol. The van der Waals surface area contributed by atoms with Gasteiger partial charge in [0, 0.05) is 30.2 Å². The van der Waals surface area contributed by atoms with Crippen LogP contribution < -0.4 is 5.73 Å². The van der Waals surface area contributed by atoms with Crippen molar-refractivity contribution in [2.45, 2.75) is 24.9 Å². The van der Waals surface area contributed by atoms with Crippen LogP contribution in [0.2, 0.25) is 0 Å². The predicted octanol–water partition coefficient (Wildman–Crippen LogP) is 3.13. The highest BCUT2D eigenvalue weighted by Gasteiger charge is 2.41. The summed E-state index contributed by atoms with van der Waals surface area (Å²) in [6, 6.07) is 10.9. The molecule has 1 aromatic heterocycles. The molecule has 114 valence electrons. The normalized spacial score (nSPS) is 32.0. The minimum atomic E-state index is 0.0569. The van der Waals surface area contributed by atoms with E-state index in [2.05, 4.69) is 46.8 Å². The molecule has 3 nitrogen and oxygen atoms in total. The van der Waals surface area contributed by atoms with Gasteiger partial charge in [-0.1, -0.05) is 24.3 Å². The van der Waals surface area contributed by atoms with Gasteiger partial charge in [0.2, 0.25) is 0 Å². The Bertz CT molecular complexity index is 691. The number of para-hydroxylation sites is 1. The van der Waals surface area contributed by atoms with Crippen molar-refractivity contribution in [3.8, 4) is 0 Å². The van der Waals surface area contributed by atoms with Crippen LogP contribution in [0.4, 0.5) is 0 Å².